The van der Waals surface area contributed by atoms with Gasteiger partial charge in [-0.3, -0.25) is 0 Å². The van der Waals surface area contributed by atoms with E-state index in [0.717, 1.165) is 22.6 Å². The highest BCUT2D eigenvalue weighted by Crippen LogP contribution is 2.34. The minimum atomic E-state index is 0.400. The molecule has 0 unspecified atom stereocenters. The van der Waals surface area contributed by atoms with Gasteiger partial charge in [-0.2, -0.15) is 0 Å². The van der Waals surface area contributed by atoms with Gasteiger partial charge in [0, 0.05) is 28.3 Å². The van der Waals surface area contributed by atoms with Crippen LogP contribution in [0.2, 0.25) is 10.0 Å². The molecule has 0 aliphatic heterocycles. The molecule has 0 saturated heterocycles. The molecule has 3 aromatic rings. The van der Waals surface area contributed by atoms with E-state index in [1.165, 1.54) is 0 Å². The van der Waals surface area contributed by atoms with E-state index in [1.54, 1.807) is 13.2 Å². The van der Waals surface area contributed by atoms with Crippen molar-refractivity contribution in [2.24, 2.45) is 0 Å². The van der Waals surface area contributed by atoms with Gasteiger partial charge in [-0.25, -0.2) is 0 Å². The molecule has 0 amide bonds. The van der Waals surface area contributed by atoms with Gasteiger partial charge >= 0.3 is 0 Å². The van der Waals surface area contributed by atoms with E-state index in [9.17, 15) is 0 Å². The van der Waals surface area contributed by atoms with E-state index in [1.807, 2.05) is 61.5 Å². The minimum absolute atomic E-state index is 0.400. The molecule has 0 atom stereocenters. The summed E-state index contributed by atoms with van der Waals surface area (Å²) in [6, 6.07) is 19.0. The van der Waals surface area contributed by atoms with Crippen molar-refractivity contribution in [1.82, 2.24) is 0 Å². The Morgan fingerprint density at radius 1 is 0.862 bits per heavy atom. The molecule has 6 heteroatoms. The van der Waals surface area contributed by atoms with Crippen LogP contribution in [-0.4, -0.2) is 13.7 Å². The average Bonchev–Trinajstić information content (AvgIpc) is 2.74. The van der Waals surface area contributed by atoms with Crippen LogP contribution in [0.3, 0.4) is 0 Å². The van der Waals surface area contributed by atoms with Crippen molar-refractivity contribution in [2.45, 2.75) is 20.1 Å². The first-order valence-corrected chi connectivity index (χ1v) is 10.0. The number of nitrogens with one attached hydrogen (secondary N) is 1. The van der Waals surface area contributed by atoms with Crippen LogP contribution < -0.4 is 19.5 Å². The molecule has 3 rings (SSSR count). The van der Waals surface area contributed by atoms with Gasteiger partial charge in [0.1, 0.15) is 12.4 Å². The van der Waals surface area contributed by atoms with Crippen LogP contribution in [0.5, 0.6) is 17.2 Å². The lowest BCUT2D eigenvalue weighted by atomic mass is 10.2. The third-order valence-corrected chi connectivity index (χ3v) is 4.90. The summed E-state index contributed by atoms with van der Waals surface area (Å²) in [6.07, 6.45) is 0. The molecule has 3 aromatic carbocycles. The second kappa shape index (κ2) is 10.3. The van der Waals surface area contributed by atoms with Crippen LogP contribution in [-0.2, 0) is 13.2 Å². The van der Waals surface area contributed by atoms with Gasteiger partial charge < -0.3 is 19.5 Å². The zero-order chi connectivity index (χ0) is 20.6. The summed E-state index contributed by atoms with van der Waals surface area (Å²) in [6.45, 7) is 3.43. The van der Waals surface area contributed by atoms with Gasteiger partial charge in [0.15, 0.2) is 11.5 Å². The van der Waals surface area contributed by atoms with E-state index >= 15 is 0 Å². The standard InChI is InChI=1S/C23H23Cl2NO3/c1-3-28-22-12-17(14-26-19-8-10-20(27-2)11-9-19)21(25)13-23(22)29-15-16-4-6-18(24)7-5-16/h4-13,26H,3,14-15H2,1-2H3. The van der Waals surface area contributed by atoms with Gasteiger partial charge in [-0.05, 0) is 60.5 Å². The van der Waals surface area contributed by atoms with Gasteiger partial charge in [-0.15, -0.1) is 0 Å². The van der Waals surface area contributed by atoms with Crippen molar-refractivity contribution in [3.63, 3.8) is 0 Å². The van der Waals surface area contributed by atoms with E-state index in [2.05, 4.69) is 5.32 Å². The summed E-state index contributed by atoms with van der Waals surface area (Å²) in [4.78, 5) is 0. The zero-order valence-corrected chi connectivity index (χ0v) is 17.9. The Morgan fingerprint density at radius 3 is 2.21 bits per heavy atom. The van der Waals surface area contributed by atoms with Crippen molar-refractivity contribution >= 4 is 28.9 Å². The number of anilines is 1. The smallest absolute Gasteiger partial charge is 0.163 e. The summed E-state index contributed by atoms with van der Waals surface area (Å²) in [7, 11) is 1.65. The quantitative estimate of drug-likeness (QED) is 0.414. The molecule has 0 aromatic heterocycles. The first-order valence-electron chi connectivity index (χ1n) is 9.29. The summed E-state index contributed by atoms with van der Waals surface area (Å²) in [5, 5.41) is 4.66. The number of rotatable bonds is 9. The van der Waals surface area contributed by atoms with Crippen LogP contribution in [0.25, 0.3) is 0 Å². The van der Waals surface area contributed by atoms with Crippen molar-refractivity contribution in [2.75, 3.05) is 19.0 Å². The fourth-order valence-corrected chi connectivity index (χ4v) is 3.09. The van der Waals surface area contributed by atoms with Crippen LogP contribution in [0.15, 0.2) is 60.7 Å². The third-order valence-electron chi connectivity index (χ3n) is 4.29. The molecule has 152 valence electrons. The van der Waals surface area contributed by atoms with Gasteiger partial charge in [-0.1, -0.05) is 35.3 Å². The number of ether oxygens (including phenoxy) is 3. The first kappa shape index (κ1) is 21.2. The van der Waals surface area contributed by atoms with Gasteiger partial charge in [0.2, 0.25) is 0 Å². The lowest BCUT2D eigenvalue weighted by Crippen LogP contribution is -2.04. The number of hydrogen-bond acceptors (Lipinski definition) is 4. The Kier molecular flexibility index (Phi) is 7.50. The molecular weight excluding hydrogens is 409 g/mol. The maximum absolute atomic E-state index is 6.50. The Labute approximate surface area is 181 Å². The predicted octanol–water partition coefficient (Wildman–Crippen LogP) is 6.59. The third kappa shape index (κ3) is 5.96. The molecule has 0 fully saturated rings. The van der Waals surface area contributed by atoms with Crippen molar-refractivity contribution < 1.29 is 14.2 Å². The summed E-state index contributed by atoms with van der Waals surface area (Å²) < 4.78 is 16.9. The van der Waals surface area contributed by atoms with Gasteiger partial charge in [0.25, 0.3) is 0 Å². The Hall–Kier alpha value is -2.56. The Morgan fingerprint density at radius 2 is 1.55 bits per heavy atom. The van der Waals surface area contributed by atoms with Crippen molar-refractivity contribution in [3.8, 4) is 17.2 Å². The molecule has 4 nitrogen and oxygen atoms in total. The van der Waals surface area contributed by atoms with Gasteiger partial charge in [0.05, 0.1) is 13.7 Å². The van der Waals surface area contributed by atoms with Crippen molar-refractivity contribution in [1.29, 1.82) is 0 Å². The predicted molar refractivity (Wildman–Crippen MR) is 119 cm³/mol. The second-order valence-corrected chi connectivity index (χ2v) is 7.16. The van der Waals surface area contributed by atoms with Crippen LogP contribution in [0, 0.1) is 0 Å². The number of hydrogen-bond donors (Lipinski definition) is 1. The maximum Gasteiger partial charge on any atom is 0.163 e. The van der Waals surface area contributed by atoms with E-state index in [0.29, 0.717) is 41.3 Å². The van der Waals surface area contributed by atoms with Crippen LogP contribution >= 0.6 is 23.2 Å². The molecular formula is C23H23Cl2NO3. The van der Waals surface area contributed by atoms with E-state index in [4.69, 9.17) is 37.4 Å². The summed E-state index contributed by atoms with van der Waals surface area (Å²) >= 11 is 12.4. The lowest BCUT2D eigenvalue weighted by Gasteiger charge is -2.16. The number of benzene rings is 3. The molecule has 1 N–H and O–H groups in total. The molecule has 0 aliphatic carbocycles. The maximum atomic E-state index is 6.50. The summed E-state index contributed by atoms with van der Waals surface area (Å²) in [5.41, 5.74) is 2.91. The highest BCUT2D eigenvalue weighted by Gasteiger charge is 2.12. The zero-order valence-electron chi connectivity index (χ0n) is 16.4. The number of halogens is 2. The fraction of sp³-hybridized carbons (Fsp3) is 0.217. The minimum Gasteiger partial charge on any atom is -0.497 e. The van der Waals surface area contributed by atoms with Crippen molar-refractivity contribution in [3.05, 3.63) is 81.8 Å². The molecule has 0 bridgehead atoms. The summed E-state index contributed by atoms with van der Waals surface area (Å²) in [5.74, 6) is 2.09. The highest BCUT2D eigenvalue weighted by molar-refractivity contribution is 6.31. The molecule has 0 saturated carbocycles. The van der Waals surface area contributed by atoms with E-state index < -0.39 is 0 Å². The first-order chi connectivity index (χ1) is 14.1. The molecule has 0 spiro atoms. The average molecular weight is 432 g/mol. The topological polar surface area (TPSA) is 39.7 Å². The SMILES string of the molecule is CCOc1cc(CNc2ccc(OC)cc2)c(Cl)cc1OCc1ccc(Cl)cc1. The second-order valence-electron chi connectivity index (χ2n) is 6.32. The Balaban J connectivity index is 1.71. The fourth-order valence-electron chi connectivity index (χ4n) is 2.74. The molecule has 0 heterocycles. The molecule has 0 radical (unpaired) electrons. The monoisotopic (exact) mass is 431 g/mol. The van der Waals surface area contributed by atoms with E-state index in [-0.39, 0.29) is 0 Å². The number of methoxy groups -OCH3 is 1. The normalized spacial score (nSPS) is 10.5. The lowest BCUT2D eigenvalue weighted by molar-refractivity contribution is 0.269. The molecule has 29 heavy (non-hydrogen) atoms. The Bertz CT molecular complexity index is 928. The highest BCUT2D eigenvalue weighted by atomic mass is 35.5. The molecule has 0 aliphatic rings. The van der Waals surface area contributed by atoms with Crippen LogP contribution in [0.4, 0.5) is 5.69 Å². The van der Waals surface area contributed by atoms with Crippen LogP contribution in [0.1, 0.15) is 18.1 Å². The largest absolute Gasteiger partial charge is 0.497 e.